The third kappa shape index (κ3) is 3.91. The molecule has 0 saturated carbocycles. The number of anilines is 1. The van der Waals surface area contributed by atoms with Crippen molar-refractivity contribution in [3.05, 3.63) is 54.1 Å². The molecule has 2 aromatic rings. The molecule has 0 fully saturated rings. The van der Waals surface area contributed by atoms with E-state index in [4.69, 9.17) is 9.47 Å². The van der Waals surface area contributed by atoms with Crippen LogP contribution < -0.4 is 14.8 Å². The second-order valence-electron chi connectivity index (χ2n) is 4.81. The molecular weight excluding hydrogens is 262 g/mol. The Morgan fingerprint density at radius 1 is 1.00 bits per heavy atom. The average molecular weight is 285 g/mol. The summed E-state index contributed by atoms with van der Waals surface area (Å²) < 4.78 is 10.9. The molecule has 0 aliphatic heterocycles. The molecule has 0 radical (unpaired) electrons. The minimum Gasteiger partial charge on any atom is -0.493 e. The van der Waals surface area contributed by atoms with E-state index in [0.29, 0.717) is 6.61 Å². The smallest absolute Gasteiger partial charge is 0.163 e. The molecule has 2 rings (SSSR count). The van der Waals surface area contributed by atoms with Gasteiger partial charge in [-0.2, -0.15) is 0 Å². The number of methoxy groups -OCH3 is 1. The van der Waals surface area contributed by atoms with Crippen molar-refractivity contribution in [1.82, 2.24) is 0 Å². The van der Waals surface area contributed by atoms with Gasteiger partial charge in [-0.05, 0) is 31.0 Å². The Morgan fingerprint density at radius 2 is 1.76 bits per heavy atom. The first-order valence-electron chi connectivity index (χ1n) is 7.40. The van der Waals surface area contributed by atoms with Crippen molar-refractivity contribution < 1.29 is 9.47 Å². The molecule has 2 aromatic carbocycles. The van der Waals surface area contributed by atoms with Crippen LogP contribution in [-0.4, -0.2) is 13.7 Å². The minimum atomic E-state index is 0.286. The van der Waals surface area contributed by atoms with Crippen LogP contribution in [0.2, 0.25) is 0 Å². The highest BCUT2D eigenvalue weighted by Gasteiger charge is 2.11. The van der Waals surface area contributed by atoms with Gasteiger partial charge in [0.1, 0.15) is 0 Å². The summed E-state index contributed by atoms with van der Waals surface area (Å²) in [7, 11) is 1.66. The minimum absolute atomic E-state index is 0.286. The Hall–Kier alpha value is -2.16. The maximum atomic E-state index is 5.62. The summed E-state index contributed by atoms with van der Waals surface area (Å²) in [5.41, 5.74) is 2.32. The third-order valence-electron chi connectivity index (χ3n) is 3.41. The second-order valence-corrected chi connectivity index (χ2v) is 4.81. The van der Waals surface area contributed by atoms with Crippen molar-refractivity contribution in [2.45, 2.75) is 26.3 Å². The highest BCUT2D eigenvalue weighted by molar-refractivity contribution is 5.55. The van der Waals surface area contributed by atoms with Gasteiger partial charge in [0, 0.05) is 11.8 Å². The molecule has 1 atom stereocenters. The normalized spacial score (nSPS) is 11.8. The predicted octanol–water partition coefficient (Wildman–Crippen LogP) is 4.66. The standard InChI is InChI=1S/C18H23NO2/c1-4-16(14-9-7-6-8-10-14)19-15-11-12-17(20-3)18(13-15)21-5-2/h6-13,16,19H,4-5H2,1-3H3. The zero-order chi connectivity index (χ0) is 15.1. The fourth-order valence-electron chi connectivity index (χ4n) is 2.34. The quantitative estimate of drug-likeness (QED) is 0.802. The van der Waals surface area contributed by atoms with Crippen LogP contribution in [0.15, 0.2) is 48.5 Å². The molecule has 3 nitrogen and oxygen atoms in total. The first-order valence-corrected chi connectivity index (χ1v) is 7.40. The van der Waals surface area contributed by atoms with E-state index < -0.39 is 0 Å². The molecule has 0 amide bonds. The lowest BCUT2D eigenvalue weighted by Crippen LogP contribution is -2.09. The van der Waals surface area contributed by atoms with Gasteiger partial charge in [-0.15, -0.1) is 0 Å². The number of hydrogen-bond donors (Lipinski definition) is 1. The summed E-state index contributed by atoms with van der Waals surface area (Å²) in [6.45, 7) is 4.77. The lowest BCUT2D eigenvalue weighted by atomic mass is 10.0. The third-order valence-corrected chi connectivity index (χ3v) is 3.41. The highest BCUT2D eigenvalue weighted by atomic mass is 16.5. The van der Waals surface area contributed by atoms with Crippen LogP contribution in [-0.2, 0) is 0 Å². The molecule has 0 saturated heterocycles. The van der Waals surface area contributed by atoms with Crippen LogP contribution in [0.3, 0.4) is 0 Å². The fourth-order valence-corrected chi connectivity index (χ4v) is 2.34. The Bertz CT molecular complexity index is 554. The van der Waals surface area contributed by atoms with E-state index >= 15 is 0 Å². The van der Waals surface area contributed by atoms with Crippen LogP contribution >= 0.6 is 0 Å². The highest BCUT2D eigenvalue weighted by Crippen LogP contribution is 2.32. The number of ether oxygens (including phenoxy) is 2. The number of nitrogens with one attached hydrogen (secondary N) is 1. The molecule has 3 heteroatoms. The maximum Gasteiger partial charge on any atom is 0.163 e. The maximum absolute atomic E-state index is 5.62. The molecule has 0 heterocycles. The zero-order valence-electron chi connectivity index (χ0n) is 12.9. The van der Waals surface area contributed by atoms with Gasteiger partial charge in [0.15, 0.2) is 11.5 Å². The number of benzene rings is 2. The van der Waals surface area contributed by atoms with Gasteiger partial charge >= 0.3 is 0 Å². The predicted molar refractivity (Wildman–Crippen MR) is 87.3 cm³/mol. The van der Waals surface area contributed by atoms with Crippen molar-refractivity contribution in [2.75, 3.05) is 19.0 Å². The molecule has 1 unspecified atom stereocenters. The van der Waals surface area contributed by atoms with E-state index in [2.05, 4.69) is 36.5 Å². The molecule has 0 aliphatic carbocycles. The van der Waals surface area contributed by atoms with Crippen LogP contribution in [0, 0.1) is 0 Å². The van der Waals surface area contributed by atoms with E-state index in [0.717, 1.165) is 23.6 Å². The lowest BCUT2D eigenvalue weighted by molar-refractivity contribution is 0.311. The molecule has 1 N–H and O–H groups in total. The van der Waals surface area contributed by atoms with Gasteiger partial charge in [-0.25, -0.2) is 0 Å². The molecule has 0 aromatic heterocycles. The van der Waals surface area contributed by atoms with Crippen molar-refractivity contribution in [1.29, 1.82) is 0 Å². The van der Waals surface area contributed by atoms with Crippen molar-refractivity contribution in [3.8, 4) is 11.5 Å². The lowest BCUT2D eigenvalue weighted by Gasteiger charge is -2.20. The van der Waals surface area contributed by atoms with Gasteiger partial charge in [0.05, 0.1) is 19.8 Å². The summed E-state index contributed by atoms with van der Waals surface area (Å²) in [6.07, 6.45) is 1.01. The SMILES string of the molecule is CCOc1cc(NC(CC)c2ccccc2)ccc1OC. The summed E-state index contributed by atoms with van der Waals surface area (Å²) in [5, 5.41) is 3.56. The summed E-state index contributed by atoms with van der Waals surface area (Å²) in [5.74, 6) is 1.53. The van der Waals surface area contributed by atoms with E-state index in [1.165, 1.54) is 5.56 Å². The zero-order valence-corrected chi connectivity index (χ0v) is 12.9. The number of rotatable bonds is 7. The van der Waals surface area contributed by atoms with Gasteiger partial charge < -0.3 is 14.8 Å². The molecule has 0 aliphatic rings. The van der Waals surface area contributed by atoms with Crippen LogP contribution in [0.4, 0.5) is 5.69 Å². The van der Waals surface area contributed by atoms with Crippen molar-refractivity contribution in [3.63, 3.8) is 0 Å². The van der Waals surface area contributed by atoms with Crippen molar-refractivity contribution in [2.24, 2.45) is 0 Å². The Balaban J connectivity index is 2.19. The van der Waals surface area contributed by atoms with Gasteiger partial charge in [-0.3, -0.25) is 0 Å². The van der Waals surface area contributed by atoms with Gasteiger partial charge in [0.2, 0.25) is 0 Å². The van der Waals surface area contributed by atoms with E-state index in [1.54, 1.807) is 7.11 Å². The second kappa shape index (κ2) is 7.58. The monoisotopic (exact) mass is 285 g/mol. The van der Waals surface area contributed by atoms with E-state index in [-0.39, 0.29) is 6.04 Å². The van der Waals surface area contributed by atoms with Crippen molar-refractivity contribution >= 4 is 5.69 Å². The topological polar surface area (TPSA) is 30.5 Å². The summed E-state index contributed by atoms with van der Waals surface area (Å²) in [6, 6.07) is 16.7. The first kappa shape index (κ1) is 15.2. The molecule has 0 bridgehead atoms. The molecule has 0 spiro atoms. The Labute approximate surface area is 126 Å². The average Bonchev–Trinajstić information content (AvgIpc) is 2.54. The Kier molecular flexibility index (Phi) is 5.50. The molecule has 21 heavy (non-hydrogen) atoms. The summed E-state index contributed by atoms with van der Waals surface area (Å²) >= 11 is 0. The van der Waals surface area contributed by atoms with Gasteiger partial charge in [-0.1, -0.05) is 37.3 Å². The van der Waals surface area contributed by atoms with E-state index in [9.17, 15) is 0 Å². The fraction of sp³-hybridized carbons (Fsp3) is 0.333. The van der Waals surface area contributed by atoms with Gasteiger partial charge in [0.25, 0.3) is 0 Å². The van der Waals surface area contributed by atoms with E-state index in [1.807, 2.05) is 31.2 Å². The van der Waals surface area contributed by atoms with Crippen LogP contribution in [0.1, 0.15) is 31.9 Å². The van der Waals surface area contributed by atoms with Crippen LogP contribution in [0.25, 0.3) is 0 Å². The number of hydrogen-bond acceptors (Lipinski definition) is 3. The Morgan fingerprint density at radius 3 is 2.38 bits per heavy atom. The largest absolute Gasteiger partial charge is 0.493 e. The first-order chi connectivity index (χ1) is 10.3. The summed E-state index contributed by atoms with van der Waals surface area (Å²) in [4.78, 5) is 0. The molecule has 112 valence electrons. The van der Waals surface area contributed by atoms with Crippen LogP contribution in [0.5, 0.6) is 11.5 Å². The molecular formula is C18H23NO2.